The highest BCUT2D eigenvalue weighted by Gasteiger charge is 2.54. The molecule has 0 radical (unpaired) electrons. The van der Waals surface area contributed by atoms with E-state index >= 15 is 0 Å². The average molecular weight is 331 g/mol. The zero-order valence-corrected chi connectivity index (χ0v) is 12.5. The first-order valence-corrected chi connectivity index (χ1v) is 7.15. The third-order valence-corrected chi connectivity index (χ3v) is 4.00. The van der Waals surface area contributed by atoms with Crippen LogP contribution in [0.15, 0.2) is 29.8 Å². The average Bonchev–Trinajstić information content (AvgIpc) is 2.48. The molecule has 126 valence electrons. The predicted molar refractivity (Wildman–Crippen MR) is 76.9 cm³/mol. The monoisotopic (exact) mass is 331 g/mol. The van der Waals surface area contributed by atoms with Gasteiger partial charge in [-0.15, -0.1) is 0 Å². The predicted octanol–water partition coefficient (Wildman–Crippen LogP) is 3.14. The van der Waals surface area contributed by atoms with Gasteiger partial charge in [0.15, 0.2) is 5.60 Å². The number of benzene rings is 1. The molecule has 0 bridgehead atoms. The smallest absolute Gasteiger partial charge is 0.380 e. The quantitative estimate of drug-likeness (QED) is 0.668. The zero-order chi connectivity index (χ0) is 17.3. The van der Waals surface area contributed by atoms with E-state index in [2.05, 4.69) is 0 Å². The number of hydrogen-bond donors (Lipinski definition) is 1. The topological polar surface area (TPSA) is 40.5 Å². The van der Waals surface area contributed by atoms with Crippen molar-refractivity contribution in [2.45, 2.75) is 31.5 Å². The maximum absolute atomic E-state index is 12.8. The summed E-state index contributed by atoms with van der Waals surface area (Å²) < 4.78 is 51.0. The first-order valence-electron chi connectivity index (χ1n) is 7.15. The Bertz CT molecular complexity index is 600. The Balaban J connectivity index is 2.03. The number of likely N-dealkylation sites (tertiary alicyclic amines) is 1. The molecular formula is C16H17F4NO2. The third-order valence-electron chi connectivity index (χ3n) is 4.00. The van der Waals surface area contributed by atoms with Gasteiger partial charge in [0.05, 0.1) is 0 Å². The summed E-state index contributed by atoms with van der Waals surface area (Å²) in [6, 6.07) is 5.53. The number of rotatable bonds is 2. The molecule has 0 aliphatic carbocycles. The molecule has 2 rings (SSSR count). The van der Waals surface area contributed by atoms with E-state index in [4.69, 9.17) is 0 Å². The van der Waals surface area contributed by atoms with E-state index in [9.17, 15) is 27.5 Å². The van der Waals surface area contributed by atoms with Crippen molar-refractivity contribution in [1.29, 1.82) is 0 Å². The van der Waals surface area contributed by atoms with Crippen LogP contribution < -0.4 is 0 Å². The second kappa shape index (κ2) is 6.31. The summed E-state index contributed by atoms with van der Waals surface area (Å²) >= 11 is 0. The van der Waals surface area contributed by atoms with Crippen LogP contribution in [-0.2, 0) is 4.79 Å². The van der Waals surface area contributed by atoms with Gasteiger partial charge < -0.3 is 10.0 Å². The molecule has 1 aliphatic rings. The lowest BCUT2D eigenvalue weighted by atomic mass is 9.90. The second-order valence-corrected chi connectivity index (χ2v) is 5.70. The largest absolute Gasteiger partial charge is 0.417 e. The summed E-state index contributed by atoms with van der Waals surface area (Å²) in [7, 11) is 0. The van der Waals surface area contributed by atoms with Crippen LogP contribution in [0.2, 0.25) is 0 Å². The summed E-state index contributed by atoms with van der Waals surface area (Å²) in [5.41, 5.74) is -1.76. The Kier molecular flexibility index (Phi) is 4.79. The molecule has 1 saturated heterocycles. The first-order chi connectivity index (χ1) is 10.6. The number of carbonyl (C=O) groups excluding carboxylic acids is 1. The van der Waals surface area contributed by atoms with Gasteiger partial charge in [-0.2, -0.15) is 13.2 Å². The lowest BCUT2D eigenvalue weighted by Crippen LogP contribution is -2.54. The van der Waals surface area contributed by atoms with Gasteiger partial charge in [0.25, 0.3) is 0 Å². The van der Waals surface area contributed by atoms with E-state index < -0.39 is 36.3 Å². The summed E-state index contributed by atoms with van der Waals surface area (Å²) in [4.78, 5) is 13.5. The molecule has 1 heterocycles. The molecule has 0 saturated carbocycles. The van der Waals surface area contributed by atoms with Crippen molar-refractivity contribution in [1.82, 2.24) is 4.90 Å². The van der Waals surface area contributed by atoms with Gasteiger partial charge >= 0.3 is 6.18 Å². The van der Waals surface area contributed by atoms with Crippen LogP contribution in [0.1, 0.15) is 25.3 Å². The molecule has 1 aromatic carbocycles. The molecule has 1 amide bonds. The van der Waals surface area contributed by atoms with Gasteiger partial charge in [-0.1, -0.05) is 12.1 Å². The molecule has 3 nitrogen and oxygen atoms in total. The SMILES string of the molecule is C/C(=C/c1ccc(F)cc1)C(=O)N1CCC(O)(C(F)(F)F)CC1. The van der Waals surface area contributed by atoms with Gasteiger partial charge in [0.1, 0.15) is 5.82 Å². The highest BCUT2D eigenvalue weighted by Crippen LogP contribution is 2.38. The fourth-order valence-corrected chi connectivity index (χ4v) is 2.48. The lowest BCUT2D eigenvalue weighted by Gasteiger charge is -2.39. The van der Waals surface area contributed by atoms with Crippen molar-refractivity contribution >= 4 is 12.0 Å². The second-order valence-electron chi connectivity index (χ2n) is 5.70. The van der Waals surface area contributed by atoms with Crippen LogP contribution in [0, 0.1) is 5.82 Å². The van der Waals surface area contributed by atoms with Gasteiger partial charge in [-0.05, 0) is 30.7 Å². The van der Waals surface area contributed by atoms with Crippen molar-refractivity contribution < 1.29 is 27.5 Å². The molecule has 0 aromatic heterocycles. The van der Waals surface area contributed by atoms with Gasteiger partial charge in [-0.3, -0.25) is 4.79 Å². The number of alkyl halides is 3. The summed E-state index contributed by atoms with van der Waals surface area (Å²) in [5.74, 6) is -0.785. The maximum Gasteiger partial charge on any atom is 0.417 e. The van der Waals surface area contributed by atoms with E-state index in [0.29, 0.717) is 11.1 Å². The summed E-state index contributed by atoms with van der Waals surface area (Å²) in [6.45, 7) is 1.23. The van der Waals surface area contributed by atoms with Crippen LogP contribution >= 0.6 is 0 Å². The highest BCUT2D eigenvalue weighted by atomic mass is 19.4. The van der Waals surface area contributed by atoms with Crippen LogP contribution in [0.3, 0.4) is 0 Å². The molecular weight excluding hydrogens is 314 g/mol. The number of aliphatic hydroxyl groups is 1. The fourth-order valence-electron chi connectivity index (χ4n) is 2.48. The number of piperidine rings is 1. The van der Waals surface area contributed by atoms with E-state index in [1.165, 1.54) is 29.2 Å². The molecule has 1 N–H and O–H groups in total. The third kappa shape index (κ3) is 3.90. The number of halogens is 4. The number of carbonyl (C=O) groups is 1. The van der Waals surface area contributed by atoms with Gasteiger partial charge in [0, 0.05) is 31.5 Å². The van der Waals surface area contributed by atoms with Crippen molar-refractivity contribution in [2.24, 2.45) is 0 Å². The minimum Gasteiger partial charge on any atom is -0.380 e. The van der Waals surface area contributed by atoms with Crippen molar-refractivity contribution in [3.63, 3.8) is 0 Å². The minimum atomic E-state index is -4.69. The van der Waals surface area contributed by atoms with Crippen molar-refractivity contribution in [3.05, 3.63) is 41.2 Å². The lowest BCUT2D eigenvalue weighted by molar-refractivity contribution is -0.271. The van der Waals surface area contributed by atoms with Crippen molar-refractivity contribution in [3.8, 4) is 0 Å². The Labute approximate surface area is 131 Å². The van der Waals surface area contributed by atoms with Crippen LogP contribution in [-0.4, -0.2) is 40.8 Å². The van der Waals surface area contributed by atoms with E-state index in [1.807, 2.05) is 0 Å². The molecule has 1 aliphatic heterocycles. The molecule has 7 heteroatoms. The molecule has 1 aromatic rings. The maximum atomic E-state index is 12.8. The molecule has 0 spiro atoms. The Morgan fingerprint density at radius 3 is 2.22 bits per heavy atom. The standard InChI is InChI=1S/C16H17F4NO2/c1-11(10-12-2-4-13(17)5-3-12)14(22)21-8-6-15(23,7-9-21)16(18,19)20/h2-5,10,23H,6-9H2,1H3/b11-10-. The van der Waals surface area contributed by atoms with Gasteiger partial charge in [0.2, 0.25) is 5.91 Å². The number of nitrogens with zero attached hydrogens (tertiary/aromatic N) is 1. The Morgan fingerprint density at radius 2 is 1.74 bits per heavy atom. The molecule has 1 fully saturated rings. The molecule has 0 unspecified atom stereocenters. The molecule has 23 heavy (non-hydrogen) atoms. The first kappa shape index (κ1) is 17.5. The van der Waals surface area contributed by atoms with E-state index in [0.717, 1.165) is 0 Å². The fraction of sp³-hybridized carbons (Fsp3) is 0.438. The van der Waals surface area contributed by atoms with Crippen LogP contribution in [0.5, 0.6) is 0 Å². The van der Waals surface area contributed by atoms with Crippen LogP contribution in [0.25, 0.3) is 6.08 Å². The zero-order valence-electron chi connectivity index (χ0n) is 12.5. The normalized spacial score (nSPS) is 18.9. The van der Waals surface area contributed by atoms with Gasteiger partial charge in [-0.25, -0.2) is 4.39 Å². The summed E-state index contributed by atoms with van der Waals surface area (Å²) in [6.07, 6.45) is -4.22. The van der Waals surface area contributed by atoms with E-state index in [-0.39, 0.29) is 13.1 Å². The minimum absolute atomic E-state index is 0.163. The van der Waals surface area contributed by atoms with Crippen LogP contribution in [0.4, 0.5) is 17.6 Å². The number of hydrogen-bond acceptors (Lipinski definition) is 2. The summed E-state index contributed by atoms with van der Waals surface area (Å²) in [5, 5.41) is 9.59. The van der Waals surface area contributed by atoms with Crippen molar-refractivity contribution in [2.75, 3.05) is 13.1 Å². The molecule has 0 atom stereocenters. The number of amides is 1. The highest BCUT2D eigenvalue weighted by molar-refractivity contribution is 5.97. The Morgan fingerprint density at radius 1 is 1.22 bits per heavy atom. The Hall–Kier alpha value is -1.89. The van der Waals surface area contributed by atoms with E-state index in [1.54, 1.807) is 13.0 Å².